The Hall–Kier alpha value is -0.780. The van der Waals surface area contributed by atoms with Crippen molar-refractivity contribution in [3.8, 4) is 11.8 Å². The van der Waals surface area contributed by atoms with Gasteiger partial charge in [-0.1, -0.05) is 33.8 Å². The summed E-state index contributed by atoms with van der Waals surface area (Å²) in [6, 6.07) is 5.87. The minimum atomic E-state index is -0.0918. The average Bonchev–Trinajstić information content (AvgIpc) is 2.07. The van der Waals surface area contributed by atoms with Gasteiger partial charge in [0, 0.05) is 10.0 Å². The molecular weight excluding hydrogens is 216 g/mol. The monoisotopic (exact) mass is 224 g/mol. The van der Waals surface area contributed by atoms with Crippen molar-refractivity contribution in [3.05, 3.63) is 33.8 Å². The number of hydrogen-bond acceptors (Lipinski definition) is 1. The molecule has 12 heavy (non-hydrogen) atoms. The van der Waals surface area contributed by atoms with Gasteiger partial charge in [-0.3, -0.25) is 0 Å². The van der Waals surface area contributed by atoms with Gasteiger partial charge in [0.2, 0.25) is 0 Å². The zero-order chi connectivity index (χ0) is 8.97. The Morgan fingerprint density at radius 3 is 2.83 bits per heavy atom. The molecule has 0 radical (unpaired) electrons. The maximum Gasteiger partial charge on any atom is 0.104 e. The first-order valence-electron chi connectivity index (χ1n) is 3.60. The predicted molar refractivity (Wildman–Crippen MR) is 52.8 cm³/mol. The molecule has 0 aromatic heterocycles. The third-order valence-electron chi connectivity index (χ3n) is 1.48. The molecule has 0 aliphatic carbocycles. The number of aliphatic hydroxyl groups excluding tert-OH is 1. The zero-order valence-corrected chi connectivity index (χ0v) is 8.35. The molecule has 0 aliphatic rings. The Bertz CT molecular complexity index is 333. The molecule has 1 N–H and O–H groups in total. The van der Waals surface area contributed by atoms with Crippen molar-refractivity contribution >= 4 is 15.9 Å². The van der Waals surface area contributed by atoms with Gasteiger partial charge in [-0.25, -0.2) is 0 Å². The summed E-state index contributed by atoms with van der Waals surface area (Å²) in [4.78, 5) is 0. The molecule has 0 amide bonds. The van der Waals surface area contributed by atoms with Crippen molar-refractivity contribution in [2.24, 2.45) is 0 Å². The third-order valence-corrected chi connectivity index (χ3v) is 2.34. The highest BCUT2D eigenvalue weighted by Crippen LogP contribution is 2.16. The van der Waals surface area contributed by atoms with E-state index in [9.17, 15) is 0 Å². The van der Waals surface area contributed by atoms with E-state index in [4.69, 9.17) is 5.11 Å². The van der Waals surface area contributed by atoms with Gasteiger partial charge in [0.15, 0.2) is 0 Å². The molecule has 1 rings (SSSR count). The molecule has 0 saturated carbocycles. The first-order chi connectivity index (χ1) is 5.74. The SMILES string of the molecule is Cc1ccc(C#CCO)cc1Br. The van der Waals surface area contributed by atoms with Gasteiger partial charge in [-0.15, -0.1) is 0 Å². The van der Waals surface area contributed by atoms with E-state index in [1.165, 1.54) is 5.56 Å². The van der Waals surface area contributed by atoms with Crippen molar-refractivity contribution in [3.63, 3.8) is 0 Å². The van der Waals surface area contributed by atoms with Crippen molar-refractivity contribution in [1.29, 1.82) is 0 Å². The molecule has 62 valence electrons. The lowest BCUT2D eigenvalue weighted by Crippen LogP contribution is -1.79. The van der Waals surface area contributed by atoms with Crippen LogP contribution in [0.4, 0.5) is 0 Å². The number of aryl methyl sites for hydroxylation is 1. The molecular formula is C10H9BrO. The van der Waals surface area contributed by atoms with E-state index in [-0.39, 0.29) is 6.61 Å². The minimum absolute atomic E-state index is 0.0918. The lowest BCUT2D eigenvalue weighted by Gasteiger charge is -1.96. The van der Waals surface area contributed by atoms with Gasteiger partial charge in [0.05, 0.1) is 0 Å². The smallest absolute Gasteiger partial charge is 0.104 e. The van der Waals surface area contributed by atoms with Crippen LogP contribution in [-0.4, -0.2) is 11.7 Å². The number of halogens is 1. The summed E-state index contributed by atoms with van der Waals surface area (Å²) >= 11 is 3.41. The normalized spacial score (nSPS) is 8.92. The molecule has 0 spiro atoms. The fourth-order valence-corrected chi connectivity index (χ4v) is 1.19. The molecule has 0 bridgehead atoms. The van der Waals surface area contributed by atoms with Crippen LogP contribution in [0.5, 0.6) is 0 Å². The zero-order valence-electron chi connectivity index (χ0n) is 6.76. The first-order valence-corrected chi connectivity index (χ1v) is 4.39. The van der Waals surface area contributed by atoms with Crippen LogP contribution in [-0.2, 0) is 0 Å². The molecule has 2 heteroatoms. The molecule has 0 atom stereocenters. The van der Waals surface area contributed by atoms with E-state index in [2.05, 4.69) is 27.8 Å². The highest BCUT2D eigenvalue weighted by molar-refractivity contribution is 9.10. The van der Waals surface area contributed by atoms with Crippen molar-refractivity contribution < 1.29 is 5.11 Å². The maximum absolute atomic E-state index is 8.47. The van der Waals surface area contributed by atoms with Crippen LogP contribution in [0.2, 0.25) is 0 Å². The van der Waals surface area contributed by atoms with Gasteiger partial charge in [0.25, 0.3) is 0 Å². The van der Waals surface area contributed by atoms with Gasteiger partial charge < -0.3 is 5.11 Å². The summed E-state index contributed by atoms with van der Waals surface area (Å²) < 4.78 is 1.05. The average molecular weight is 225 g/mol. The van der Waals surface area contributed by atoms with Crippen LogP contribution in [0.15, 0.2) is 22.7 Å². The topological polar surface area (TPSA) is 20.2 Å². The largest absolute Gasteiger partial charge is 0.384 e. The quantitative estimate of drug-likeness (QED) is 0.670. The predicted octanol–water partition coefficient (Wildman–Crippen LogP) is 2.10. The first kappa shape index (κ1) is 9.31. The summed E-state index contributed by atoms with van der Waals surface area (Å²) in [6.07, 6.45) is 0. The molecule has 0 fully saturated rings. The van der Waals surface area contributed by atoms with Crippen LogP contribution in [0.3, 0.4) is 0 Å². The summed E-state index contributed by atoms with van der Waals surface area (Å²) in [5, 5.41) is 8.47. The maximum atomic E-state index is 8.47. The highest BCUT2D eigenvalue weighted by atomic mass is 79.9. The molecule has 1 nitrogen and oxygen atoms in total. The van der Waals surface area contributed by atoms with Crippen LogP contribution in [0, 0.1) is 18.8 Å². The summed E-state index contributed by atoms with van der Waals surface area (Å²) in [5.41, 5.74) is 2.10. The van der Waals surface area contributed by atoms with Gasteiger partial charge in [-0.05, 0) is 24.6 Å². The number of rotatable bonds is 0. The fourth-order valence-electron chi connectivity index (χ4n) is 0.812. The Morgan fingerprint density at radius 1 is 1.50 bits per heavy atom. The second-order valence-electron chi connectivity index (χ2n) is 2.42. The number of aliphatic hydroxyl groups is 1. The van der Waals surface area contributed by atoms with E-state index in [1.807, 2.05) is 25.1 Å². The molecule has 0 aliphatic heterocycles. The Labute approximate surface area is 80.6 Å². The second kappa shape index (κ2) is 4.30. The lowest BCUT2D eigenvalue weighted by molar-refractivity contribution is 0.350. The molecule has 0 heterocycles. The second-order valence-corrected chi connectivity index (χ2v) is 3.28. The van der Waals surface area contributed by atoms with Crippen molar-refractivity contribution in [1.82, 2.24) is 0 Å². The standard InChI is InChI=1S/C10H9BrO/c1-8-4-5-9(3-2-6-12)7-10(8)11/h4-5,7,12H,6H2,1H3. The number of hydrogen-bond donors (Lipinski definition) is 1. The van der Waals surface area contributed by atoms with Crippen LogP contribution >= 0.6 is 15.9 Å². The summed E-state index contributed by atoms with van der Waals surface area (Å²) in [5.74, 6) is 5.43. The molecule has 0 saturated heterocycles. The Balaban J connectivity index is 2.97. The van der Waals surface area contributed by atoms with Crippen molar-refractivity contribution in [2.75, 3.05) is 6.61 Å². The molecule has 1 aromatic carbocycles. The van der Waals surface area contributed by atoms with Crippen molar-refractivity contribution in [2.45, 2.75) is 6.92 Å². The van der Waals surface area contributed by atoms with E-state index in [1.54, 1.807) is 0 Å². The minimum Gasteiger partial charge on any atom is -0.384 e. The molecule has 1 aromatic rings. The summed E-state index contributed by atoms with van der Waals surface area (Å²) in [6.45, 7) is 1.93. The lowest BCUT2D eigenvalue weighted by atomic mass is 10.1. The third kappa shape index (κ3) is 2.37. The van der Waals surface area contributed by atoms with Crippen LogP contribution < -0.4 is 0 Å². The highest BCUT2D eigenvalue weighted by Gasteiger charge is 1.93. The van der Waals surface area contributed by atoms with E-state index in [0.29, 0.717) is 0 Å². The Kier molecular flexibility index (Phi) is 3.33. The van der Waals surface area contributed by atoms with Gasteiger partial charge >= 0.3 is 0 Å². The van der Waals surface area contributed by atoms with Crippen LogP contribution in [0.25, 0.3) is 0 Å². The van der Waals surface area contributed by atoms with E-state index >= 15 is 0 Å². The van der Waals surface area contributed by atoms with Crippen LogP contribution in [0.1, 0.15) is 11.1 Å². The van der Waals surface area contributed by atoms with Gasteiger partial charge in [0.1, 0.15) is 6.61 Å². The summed E-state index contributed by atoms with van der Waals surface area (Å²) in [7, 11) is 0. The Morgan fingerprint density at radius 2 is 2.25 bits per heavy atom. The number of benzene rings is 1. The molecule has 0 unspecified atom stereocenters. The van der Waals surface area contributed by atoms with Gasteiger partial charge in [-0.2, -0.15) is 0 Å². The van der Waals surface area contributed by atoms with E-state index in [0.717, 1.165) is 10.0 Å². The fraction of sp³-hybridized carbons (Fsp3) is 0.200. The van der Waals surface area contributed by atoms with E-state index < -0.39 is 0 Å².